The monoisotopic (exact) mass is 497 g/mol. The molecule has 1 aliphatic heterocycles. The summed E-state index contributed by atoms with van der Waals surface area (Å²) in [5.74, 6) is 0.318. The van der Waals surface area contributed by atoms with Gasteiger partial charge in [0, 0.05) is 28.3 Å². The zero-order chi connectivity index (χ0) is 21.3. The van der Waals surface area contributed by atoms with Crippen molar-refractivity contribution in [2.45, 2.75) is 13.8 Å². The number of carbonyl (C=O) groups is 1. The van der Waals surface area contributed by atoms with Crippen molar-refractivity contribution in [3.8, 4) is 16.9 Å². The van der Waals surface area contributed by atoms with Gasteiger partial charge in [0.1, 0.15) is 4.32 Å². The Labute approximate surface area is 194 Å². The van der Waals surface area contributed by atoms with Gasteiger partial charge in [0.15, 0.2) is 0 Å². The Morgan fingerprint density at radius 1 is 1.13 bits per heavy atom. The number of carbonyl (C=O) groups excluding carboxylic acids is 1. The Morgan fingerprint density at radius 2 is 1.83 bits per heavy atom. The van der Waals surface area contributed by atoms with Gasteiger partial charge < -0.3 is 0 Å². The predicted octanol–water partition coefficient (Wildman–Crippen LogP) is 6.16. The maximum Gasteiger partial charge on any atom is 0.266 e. The predicted molar refractivity (Wildman–Crippen MR) is 131 cm³/mol. The van der Waals surface area contributed by atoms with Gasteiger partial charge in [0.05, 0.1) is 16.3 Å². The highest BCUT2D eigenvalue weighted by Crippen LogP contribution is 2.35. The Morgan fingerprint density at radius 3 is 2.50 bits per heavy atom. The molecule has 30 heavy (non-hydrogen) atoms. The van der Waals surface area contributed by atoms with Gasteiger partial charge in [0.2, 0.25) is 0 Å². The van der Waals surface area contributed by atoms with Crippen LogP contribution in [0.25, 0.3) is 23.0 Å². The molecule has 0 bridgehead atoms. The number of thiocarbonyl (C=S) groups is 1. The maximum absolute atomic E-state index is 12.9. The quantitative estimate of drug-likeness (QED) is 0.312. The van der Waals surface area contributed by atoms with E-state index < -0.39 is 0 Å². The average Bonchev–Trinajstić information content (AvgIpc) is 3.26. The lowest BCUT2D eigenvalue weighted by atomic mass is 10.1. The van der Waals surface area contributed by atoms with E-state index in [1.807, 2.05) is 71.6 Å². The molecule has 0 aliphatic carbocycles. The lowest BCUT2D eigenvalue weighted by molar-refractivity contribution is -0.122. The van der Waals surface area contributed by atoms with Crippen molar-refractivity contribution in [1.29, 1.82) is 0 Å². The summed E-state index contributed by atoms with van der Waals surface area (Å²) >= 11 is 10.3. The molecule has 4 rings (SSSR count). The number of benzene rings is 2. The SMILES string of the molecule is CC(C)CN1C(=O)/C(=C\c2cn(-c3ccccc3)nc2-c2ccc(Br)cc2)SC1=S. The molecule has 7 heteroatoms. The summed E-state index contributed by atoms with van der Waals surface area (Å²) in [4.78, 5) is 15.3. The van der Waals surface area contributed by atoms with E-state index in [1.165, 1.54) is 11.8 Å². The van der Waals surface area contributed by atoms with E-state index in [9.17, 15) is 4.79 Å². The van der Waals surface area contributed by atoms with Gasteiger partial charge in [-0.25, -0.2) is 4.68 Å². The number of aromatic nitrogens is 2. The van der Waals surface area contributed by atoms with Crippen LogP contribution in [0.5, 0.6) is 0 Å². The van der Waals surface area contributed by atoms with Crippen LogP contribution in [0.1, 0.15) is 19.4 Å². The summed E-state index contributed by atoms with van der Waals surface area (Å²) in [6.07, 6.45) is 3.87. The number of thioether (sulfide) groups is 1. The van der Waals surface area contributed by atoms with Crippen LogP contribution in [-0.4, -0.2) is 31.5 Å². The molecule has 2 aromatic carbocycles. The van der Waals surface area contributed by atoms with Gasteiger partial charge in [-0.05, 0) is 36.3 Å². The number of hydrogen-bond acceptors (Lipinski definition) is 4. The number of para-hydroxylation sites is 1. The second kappa shape index (κ2) is 8.88. The van der Waals surface area contributed by atoms with E-state index >= 15 is 0 Å². The summed E-state index contributed by atoms with van der Waals surface area (Å²) in [6, 6.07) is 18.0. The fourth-order valence-electron chi connectivity index (χ4n) is 3.20. The summed E-state index contributed by atoms with van der Waals surface area (Å²) in [7, 11) is 0. The molecule has 4 nitrogen and oxygen atoms in total. The molecule has 152 valence electrons. The Balaban J connectivity index is 1.78. The van der Waals surface area contributed by atoms with Crippen LogP contribution >= 0.6 is 39.9 Å². The highest BCUT2D eigenvalue weighted by atomic mass is 79.9. The standard InChI is InChI=1S/C23H20BrN3OS2/c1-15(2)13-26-22(28)20(30-23(26)29)12-17-14-27(19-6-4-3-5-7-19)25-21(17)16-8-10-18(24)11-9-16/h3-12,14-15H,13H2,1-2H3/b20-12+. The Bertz CT molecular complexity index is 1120. The Hall–Kier alpha value is -2.22. The first kappa shape index (κ1) is 21.0. The molecule has 1 aromatic heterocycles. The number of hydrogen-bond donors (Lipinski definition) is 0. The van der Waals surface area contributed by atoms with Crippen LogP contribution in [0, 0.1) is 5.92 Å². The molecule has 0 N–H and O–H groups in total. The van der Waals surface area contributed by atoms with E-state index in [-0.39, 0.29) is 5.91 Å². The van der Waals surface area contributed by atoms with Gasteiger partial charge in [-0.3, -0.25) is 9.69 Å². The van der Waals surface area contributed by atoms with Crippen LogP contribution in [0.3, 0.4) is 0 Å². The molecule has 1 amide bonds. The van der Waals surface area contributed by atoms with Crippen molar-refractivity contribution in [1.82, 2.24) is 14.7 Å². The van der Waals surface area contributed by atoms with Crippen LogP contribution in [-0.2, 0) is 4.79 Å². The first-order chi connectivity index (χ1) is 14.4. The zero-order valence-corrected chi connectivity index (χ0v) is 19.8. The van der Waals surface area contributed by atoms with Gasteiger partial charge in [-0.1, -0.05) is 84.1 Å². The lowest BCUT2D eigenvalue weighted by Crippen LogP contribution is -2.31. The fraction of sp³-hybridized carbons (Fsp3) is 0.174. The molecule has 0 atom stereocenters. The number of nitrogens with zero attached hydrogens (tertiary/aromatic N) is 3. The smallest absolute Gasteiger partial charge is 0.266 e. The van der Waals surface area contributed by atoms with Gasteiger partial charge >= 0.3 is 0 Å². The molecule has 3 aromatic rings. The second-order valence-electron chi connectivity index (χ2n) is 7.41. The molecule has 0 saturated carbocycles. The minimum absolute atomic E-state index is 0.0343. The van der Waals surface area contributed by atoms with Gasteiger partial charge in [-0.15, -0.1) is 0 Å². The third kappa shape index (κ3) is 4.43. The third-order valence-electron chi connectivity index (χ3n) is 4.59. The molecule has 0 unspecified atom stereocenters. The van der Waals surface area contributed by atoms with Crippen molar-refractivity contribution in [2.75, 3.05) is 6.54 Å². The summed E-state index contributed by atoms with van der Waals surface area (Å²) in [6.45, 7) is 4.79. The molecule has 0 spiro atoms. The van der Waals surface area contributed by atoms with E-state index in [4.69, 9.17) is 17.3 Å². The lowest BCUT2D eigenvalue weighted by Gasteiger charge is -2.16. The van der Waals surface area contributed by atoms with Gasteiger partial charge in [-0.2, -0.15) is 5.10 Å². The minimum atomic E-state index is -0.0343. The largest absolute Gasteiger partial charge is 0.293 e. The normalized spacial score (nSPS) is 15.6. The second-order valence-corrected chi connectivity index (χ2v) is 10.00. The van der Waals surface area contributed by atoms with Crippen LogP contribution in [0.4, 0.5) is 0 Å². The van der Waals surface area contributed by atoms with Crippen LogP contribution in [0.15, 0.2) is 70.2 Å². The number of amides is 1. The molecule has 1 fully saturated rings. The first-order valence-electron chi connectivity index (χ1n) is 9.59. The third-order valence-corrected chi connectivity index (χ3v) is 6.50. The number of halogens is 1. The van der Waals surface area contributed by atoms with Crippen molar-refractivity contribution in [3.05, 3.63) is 75.7 Å². The summed E-state index contributed by atoms with van der Waals surface area (Å²) in [5, 5.41) is 4.82. The molecule has 1 saturated heterocycles. The van der Waals surface area contributed by atoms with Crippen molar-refractivity contribution >= 4 is 56.2 Å². The first-order valence-corrected chi connectivity index (χ1v) is 11.6. The molecular formula is C23H20BrN3OS2. The van der Waals surface area contributed by atoms with Crippen LogP contribution in [0.2, 0.25) is 0 Å². The van der Waals surface area contributed by atoms with E-state index in [0.29, 0.717) is 21.7 Å². The van der Waals surface area contributed by atoms with E-state index in [1.54, 1.807) is 4.90 Å². The Kier molecular flexibility index (Phi) is 6.22. The maximum atomic E-state index is 12.9. The average molecular weight is 498 g/mol. The van der Waals surface area contributed by atoms with E-state index in [2.05, 4.69) is 29.8 Å². The van der Waals surface area contributed by atoms with Crippen molar-refractivity contribution < 1.29 is 4.79 Å². The highest BCUT2D eigenvalue weighted by molar-refractivity contribution is 9.10. The van der Waals surface area contributed by atoms with Gasteiger partial charge in [0.25, 0.3) is 5.91 Å². The van der Waals surface area contributed by atoms with Crippen LogP contribution < -0.4 is 0 Å². The zero-order valence-electron chi connectivity index (χ0n) is 16.6. The van der Waals surface area contributed by atoms with Crippen molar-refractivity contribution in [3.63, 3.8) is 0 Å². The highest BCUT2D eigenvalue weighted by Gasteiger charge is 2.32. The summed E-state index contributed by atoms with van der Waals surface area (Å²) < 4.78 is 3.46. The molecular weight excluding hydrogens is 478 g/mol. The summed E-state index contributed by atoms with van der Waals surface area (Å²) in [5.41, 5.74) is 3.64. The molecule has 2 heterocycles. The van der Waals surface area contributed by atoms with E-state index in [0.717, 1.165) is 27.0 Å². The minimum Gasteiger partial charge on any atom is -0.293 e. The molecule has 1 aliphatic rings. The van der Waals surface area contributed by atoms with Crippen molar-refractivity contribution in [2.24, 2.45) is 5.92 Å². The molecule has 0 radical (unpaired) electrons. The fourth-order valence-corrected chi connectivity index (χ4v) is 4.73. The number of rotatable bonds is 5. The topological polar surface area (TPSA) is 38.1 Å².